The molecule has 344 valence electrons. The lowest BCUT2D eigenvalue weighted by Crippen LogP contribution is -2.62. The van der Waals surface area contributed by atoms with E-state index in [0.717, 1.165) is 35.4 Å². The van der Waals surface area contributed by atoms with E-state index in [0.29, 0.717) is 22.7 Å². The highest BCUT2D eigenvalue weighted by Gasteiger charge is 2.52. The molecule has 4 aromatic rings. The van der Waals surface area contributed by atoms with Crippen molar-refractivity contribution in [2.75, 3.05) is 23.0 Å². The summed E-state index contributed by atoms with van der Waals surface area (Å²) >= 11 is 7.46. The van der Waals surface area contributed by atoms with Crippen LogP contribution in [0.2, 0.25) is 0 Å². The van der Waals surface area contributed by atoms with Gasteiger partial charge in [0.15, 0.2) is 24.6 Å². The second kappa shape index (κ2) is 23.0. The summed E-state index contributed by atoms with van der Waals surface area (Å²) in [5, 5.41) is 15.9. The first-order valence-electron chi connectivity index (χ1n) is 20.9. The minimum atomic E-state index is -1.33. The lowest BCUT2D eigenvalue weighted by Gasteiger charge is -2.44. The van der Waals surface area contributed by atoms with Crippen LogP contribution in [0.5, 0.6) is 0 Å². The zero-order chi connectivity index (χ0) is 46.6. The third-order valence-electron chi connectivity index (χ3n) is 10.5. The Labute approximate surface area is 386 Å². The highest BCUT2D eigenvalue weighted by Crippen LogP contribution is 2.48. The van der Waals surface area contributed by atoms with E-state index in [-0.39, 0.29) is 42.6 Å². The molecule has 1 amide bonds. The molecule has 17 heteroatoms. The Morgan fingerprint density at radius 2 is 1.26 bits per heavy atom. The van der Waals surface area contributed by atoms with Crippen molar-refractivity contribution in [1.82, 2.24) is 0 Å². The van der Waals surface area contributed by atoms with Gasteiger partial charge in [-0.25, -0.2) is 0 Å². The van der Waals surface area contributed by atoms with Gasteiger partial charge in [0.25, 0.3) is 0 Å². The molecule has 2 heterocycles. The molecule has 0 bridgehead atoms. The summed E-state index contributed by atoms with van der Waals surface area (Å²) < 4.78 is 42.1. The Morgan fingerprint density at radius 1 is 0.631 bits per heavy atom. The van der Waals surface area contributed by atoms with Crippen LogP contribution in [-0.2, 0) is 63.7 Å². The molecular weight excluding hydrogens is 877 g/mol. The smallest absolute Gasteiger partial charge is 0.303 e. The molecule has 2 fully saturated rings. The monoisotopic (exact) mass is 928 g/mol. The van der Waals surface area contributed by atoms with Crippen molar-refractivity contribution in [3.05, 3.63) is 125 Å². The van der Waals surface area contributed by atoms with E-state index in [4.69, 9.17) is 45.4 Å². The van der Waals surface area contributed by atoms with E-state index in [2.05, 4.69) is 22.8 Å². The number of aliphatic hydroxyl groups excluding tert-OH is 1. The molecule has 2 aliphatic rings. The van der Waals surface area contributed by atoms with Gasteiger partial charge in [0.2, 0.25) is 5.91 Å². The molecule has 2 saturated heterocycles. The number of aliphatic hydroxyl groups is 1. The second-order valence-electron chi connectivity index (χ2n) is 15.5. The fraction of sp³-hybridized carbons (Fsp3) is 0.375. The topological polar surface area (TPSA) is 194 Å². The normalized spacial score (nSPS) is 23.9. The van der Waals surface area contributed by atoms with Crippen LogP contribution < -0.4 is 10.6 Å². The number of esters is 4. The number of carbonyl (C=O) groups is 5. The van der Waals surface area contributed by atoms with E-state index in [9.17, 15) is 29.1 Å². The molecule has 65 heavy (non-hydrogen) atoms. The van der Waals surface area contributed by atoms with Gasteiger partial charge in [-0.1, -0.05) is 78.9 Å². The van der Waals surface area contributed by atoms with Crippen molar-refractivity contribution < 1.29 is 62.2 Å². The highest BCUT2D eigenvalue weighted by molar-refractivity contribution is 7.99. The lowest BCUT2D eigenvalue weighted by molar-refractivity contribution is -0.255. The van der Waals surface area contributed by atoms with Crippen LogP contribution in [0, 0.1) is 0 Å². The van der Waals surface area contributed by atoms with E-state index in [1.807, 2.05) is 91.0 Å². The number of anilines is 2. The Hall–Kier alpha value is -5.69. The lowest BCUT2D eigenvalue weighted by atomic mass is 9.84. The number of hydrogen-bond donors (Lipinski definition) is 3. The van der Waals surface area contributed by atoms with E-state index < -0.39 is 66.8 Å². The first-order valence-corrected chi connectivity index (χ1v) is 22.3. The number of benzene rings is 4. The first-order chi connectivity index (χ1) is 31.2. The summed E-state index contributed by atoms with van der Waals surface area (Å²) in [5.41, 5.74) is 4.65. The number of rotatable bonds is 16. The molecule has 0 saturated carbocycles. The molecule has 4 aromatic carbocycles. The molecule has 0 aliphatic carbocycles. The summed E-state index contributed by atoms with van der Waals surface area (Å²) in [7, 11) is 0. The van der Waals surface area contributed by atoms with E-state index >= 15 is 0 Å². The van der Waals surface area contributed by atoms with Crippen LogP contribution in [0.1, 0.15) is 81.6 Å². The van der Waals surface area contributed by atoms with Gasteiger partial charge in [-0.15, -0.1) is 11.8 Å². The van der Waals surface area contributed by atoms with Gasteiger partial charge in [-0.3, -0.25) is 24.0 Å². The van der Waals surface area contributed by atoms with Gasteiger partial charge < -0.3 is 48.9 Å². The van der Waals surface area contributed by atoms with E-state index in [1.165, 1.54) is 20.8 Å². The van der Waals surface area contributed by atoms with Gasteiger partial charge in [-0.2, -0.15) is 0 Å². The van der Waals surface area contributed by atoms with Gasteiger partial charge in [-0.05, 0) is 53.1 Å². The SMILES string of the molecule is CC(=O)Nc1ccc(SC[C@H]2OC(c3cccc(NC(=S)C[C@@H]4O[C@H](COC(C)=O)[C@@H](OC(C)=O)[C@H](OC(C)=O)[C@H]4OC(C)=O)c3)O[C@@H](c3ccc(CO)cc3)[C@@H]2c2ccccc2)cc1. The van der Waals surface area contributed by atoms with Crippen molar-refractivity contribution in [1.29, 1.82) is 0 Å². The summed E-state index contributed by atoms with van der Waals surface area (Å²) in [6.45, 7) is 5.70. The number of thioether (sulfide) groups is 1. The van der Waals surface area contributed by atoms with Crippen molar-refractivity contribution in [2.45, 2.75) is 107 Å². The van der Waals surface area contributed by atoms with Gasteiger partial charge in [0.1, 0.15) is 18.8 Å². The Bertz CT molecular complexity index is 2300. The number of carbonyl (C=O) groups excluding carboxylic acids is 5. The fourth-order valence-corrected chi connectivity index (χ4v) is 9.06. The zero-order valence-electron chi connectivity index (χ0n) is 36.5. The molecule has 1 unspecified atom stereocenters. The van der Waals surface area contributed by atoms with Crippen molar-refractivity contribution in [3.63, 3.8) is 0 Å². The molecule has 0 radical (unpaired) electrons. The maximum absolute atomic E-state index is 12.4. The molecule has 0 spiro atoms. The molecular formula is C48H52N2O13S2. The van der Waals surface area contributed by atoms with Crippen LogP contribution in [-0.4, -0.2) is 88.9 Å². The maximum Gasteiger partial charge on any atom is 0.303 e. The van der Waals surface area contributed by atoms with Gasteiger partial charge >= 0.3 is 23.9 Å². The van der Waals surface area contributed by atoms with Crippen LogP contribution in [0.15, 0.2) is 108 Å². The number of thiocarbonyl (C=S) groups is 1. The van der Waals surface area contributed by atoms with Crippen molar-refractivity contribution >= 4 is 70.1 Å². The predicted molar refractivity (Wildman–Crippen MR) is 244 cm³/mol. The largest absolute Gasteiger partial charge is 0.463 e. The minimum absolute atomic E-state index is 0.0647. The molecule has 9 atom stereocenters. The van der Waals surface area contributed by atoms with Crippen LogP contribution in [0.3, 0.4) is 0 Å². The Kier molecular flexibility index (Phi) is 17.2. The average molecular weight is 929 g/mol. The first kappa shape index (κ1) is 48.8. The predicted octanol–water partition coefficient (Wildman–Crippen LogP) is 7.12. The second-order valence-corrected chi connectivity index (χ2v) is 17.1. The van der Waals surface area contributed by atoms with Gasteiger partial charge in [0.05, 0.1) is 23.8 Å². The highest BCUT2D eigenvalue weighted by atomic mass is 32.2. The number of ether oxygens (including phenoxy) is 7. The average Bonchev–Trinajstić information content (AvgIpc) is 3.27. The molecule has 6 rings (SSSR count). The third kappa shape index (κ3) is 13.7. The van der Waals surface area contributed by atoms with Crippen LogP contribution in [0.4, 0.5) is 11.4 Å². The number of hydrogen-bond acceptors (Lipinski definition) is 15. The Balaban J connectivity index is 1.27. The van der Waals surface area contributed by atoms with Crippen molar-refractivity contribution in [2.24, 2.45) is 0 Å². The van der Waals surface area contributed by atoms with Crippen molar-refractivity contribution in [3.8, 4) is 0 Å². The summed E-state index contributed by atoms with van der Waals surface area (Å²) in [6, 6.07) is 32.7. The fourth-order valence-electron chi connectivity index (χ4n) is 7.81. The third-order valence-corrected chi connectivity index (χ3v) is 11.8. The minimum Gasteiger partial charge on any atom is -0.463 e. The number of nitrogens with one attached hydrogen (secondary N) is 2. The van der Waals surface area contributed by atoms with Crippen LogP contribution >= 0.6 is 24.0 Å². The zero-order valence-corrected chi connectivity index (χ0v) is 38.1. The molecule has 3 N–H and O–H groups in total. The molecule has 2 aliphatic heterocycles. The van der Waals surface area contributed by atoms with Crippen LogP contribution in [0.25, 0.3) is 0 Å². The number of amides is 1. The standard InChI is InChI=1S/C48H52N2O13S2/c1-27(52)49-36-18-20-38(21-19-36)65-26-41-43(33-10-7-6-8-11-33)44(34-16-14-32(24-51)15-17-34)63-48(62-41)35-12-9-13-37(22-35)50-42(64)23-39-45(58-29(3)54)47(60-31(5)56)46(59-30(4)55)40(61-39)25-57-28(2)53/h6-22,39-41,43-48,51H,23-26H2,1-5H3,(H,49,52)(H,50,64)/t39-,40+,41+,43+,44-,45-,46+,47+,48?/m0/s1. The maximum atomic E-state index is 12.4. The van der Waals surface area contributed by atoms with E-state index in [1.54, 1.807) is 11.8 Å². The summed E-state index contributed by atoms with van der Waals surface area (Å²) in [4.78, 5) is 61.6. The van der Waals surface area contributed by atoms with Gasteiger partial charge in [0, 0.05) is 74.5 Å². The molecule has 0 aromatic heterocycles. The molecule has 15 nitrogen and oxygen atoms in total. The summed E-state index contributed by atoms with van der Waals surface area (Å²) in [5.74, 6) is -2.66. The quantitative estimate of drug-likeness (QED) is 0.0444. The summed E-state index contributed by atoms with van der Waals surface area (Å²) in [6.07, 6.45) is -7.81. The Morgan fingerprint density at radius 3 is 1.88 bits per heavy atom.